The Bertz CT molecular complexity index is 1090. The molecule has 33 heavy (non-hydrogen) atoms. The Kier molecular flexibility index (Phi) is 7.88. The molecule has 1 N–H and O–H groups in total. The van der Waals surface area contributed by atoms with E-state index < -0.39 is 5.97 Å². The number of aryl methyl sites for hydroxylation is 1. The van der Waals surface area contributed by atoms with Gasteiger partial charge in [0, 0.05) is 6.54 Å². The monoisotopic (exact) mass is 445 g/mol. The van der Waals surface area contributed by atoms with Crippen molar-refractivity contribution in [3.63, 3.8) is 0 Å². The van der Waals surface area contributed by atoms with Crippen molar-refractivity contribution in [1.82, 2.24) is 4.90 Å². The van der Waals surface area contributed by atoms with E-state index >= 15 is 0 Å². The number of aromatic carboxylic acids is 1. The summed E-state index contributed by atoms with van der Waals surface area (Å²) < 4.78 is 5.75. The summed E-state index contributed by atoms with van der Waals surface area (Å²) in [5, 5.41) is 9.63. The van der Waals surface area contributed by atoms with Crippen LogP contribution in [0.4, 0.5) is 0 Å². The van der Waals surface area contributed by atoms with Crippen molar-refractivity contribution in [2.75, 3.05) is 6.61 Å². The van der Waals surface area contributed by atoms with E-state index in [0.717, 1.165) is 22.3 Å². The zero-order valence-electron chi connectivity index (χ0n) is 19.6. The maximum Gasteiger partial charge on any atom is 0.339 e. The molecule has 0 fully saturated rings. The molecule has 5 heteroatoms. The third-order valence-electron chi connectivity index (χ3n) is 5.80. The standard InChI is InChI=1S/C28H31NO4/c1-19(2)24-14-15-26(25(16-24)28(31)32)33-18-27(30)29(17-22-12-10-20(3)11-13-22)21(4)23-8-6-5-7-9-23/h5-16,19,21H,17-18H2,1-4H3,(H,31,32)/t21-/m1/s1. The van der Waals surface area contributed by atoms with E-state index in [2.05, 4.69) is 0 Å². The van der Waals surface area contributed by atoms with E-state index in [0.29, 0.717) is 6.54 Å². The predicted octanol–water partition coefficient (Wildman–Crippen LogP) is 5.99. The summed E-state index contributed by atoms with van der Waals surface area (Å²) in [5.41, 5.74) is 4.16. The van der Waals surface area contributed by atoms with Gasteiger partial charge in [0.05, 0.1) is 6.04 Å². The van der Waals surface area contributed by atoms with Gasteiger partial charge in [0.25, 0.3) is 5.91 Å². The minimum atomic E-state index is -1.07. The van der Waals surface area contributed by atoms with Gasteiger partial charge in [0.2, 0.25) is 0 Å². The van der Waals surface area contributed by atoms with E-state index in [-0.39, 0.29) is 35.8 Å². The number of carbonyl (C=O) groups is 2. The molecule has 0 bridgehead atoms. The maximum atomic E-state index is 13.3. The molecule has 3 rings (SSSR count). The Morgan fingerprint density at radius 1 is 0.909 bits per heavy atom. The first-order chi connectivity index (χ1) is 15.8. The highest BCUT2D eigenvalue weighted by molar-refractivity contribution is 5.91. The number of amides is 1. The van der Waals surface area contributed by atoms with Crippen LogP contribution in [0, 0.1) is 6.92 Å². The summed E-state index contributed by atoms with van der Waals surface area (Å²) in [6.07, 6.45) is 0. The zero-order chi connectivity index (χ0) is 24.0. The largest absolute Gasteiger partial charge is 0.483 e. The minimum Gasteiger partial charge on any atom is -0.483 e. The Labute approximate surface area is 195 Å². The molecular formula is C28H31NO4. The lowest BCUT2D eigenvalue weighted by Crippen LogP contribution is -2.36. The molecule has 0 aliphatic heterocycles. The van der Waals surface area contributed by atoms with Crippen molar-refractivity contribution in [2.45, 2.75) is 46.2 Å². The summed E-state index contributed by atoms with van der Waals surface area (Å²) in [4.78, 5) is 26.8. The van der Waals surface area contributed by atoms with Crippen LogP contribution in [0.5, 0.6) is 5.75 Å². The average Bonchev–Trinajstić information content (AvgIpc) is 2.82. The number of carboxylic acids is 1. The summed E-state index contributed by atoms with van der Waals surface area (Å²) >= 11 is 0. The van der Waals surface area contributed by atoms with Gasteiger partial charge in [0.15, 0.2) is 6.61 Å². The highest BCUT2D eigenvalue weighted by atomic mass is 16.5. The fourth-order valence-electron chi connectivity index (χ4n) is 3.66. The molecule has 5 nitrogen and oxygen atoms in total. The van der Waals surface area contributed by atoms with E-state index in [4.69, 9.17) is 4.74 Å². The fraction of sp³-hybridized carbons (Fsp3) is 0.286. The molecule has 0 spiro atoms. The van der Waals surface area contributed by atoms with Crippen molar-refractivity contribution in [3.8, 4) is 5.75 Å². The number of hydrogen-bond donors (Lipinski definition) is 1. The van der Waals surface area contributed by atoms with Gasteiger partial charge in [-0.05, 0) is 48.6 Å². The molecule has 0 aromatic heterocycles. The molecule has 0 unspecified atom stereocenters. The zero-order valence-corrected chi connectivity index (χ0v) is 19.6. The predicted molar refractivity (Wildman–Crippen MR) is 130 cm³/mol. The summed E-state index contributed by atoms with van der Waals surface area (Å²) in [5.74, 6) is -0.899. The first-order valence-corrected chi connectivity index (χ1v) is 11.2. The first kappa shape index (κ1) is 24.1. The van der Waals surface area contributed by atoms with Gasteiger partial charge in [-0.25, -0.2) is 4.79 Å². The molecule has 0 saturated carbocycles. The number of carbonyl (C=O) groups excluding carboxylic acids is 1. The van der Waals surface area contributed by atoms with E-state index in [1.54, 1.807) is 17.0 Å². The van der Waals surface area contributed by atoms with Crippen molar-refractivity contribution >= 4 is 11.9 Å². The smallest absolute Gasteiger partial charge is 0.339 e. The molecular weight excluding hydrogens is 414 g/mol. The number of nitrogens with zero attached hydrogens (tertiary/aromatic N) is 1. The van der Waals surface area contributed by atoms with Crippen LogP contribution in [0.2, 0.25) is 0 Å². The molecule has 3 aromatic rings. The highest BCUT2D eigenvalue weighted by Gasteiger charge is 2.23. The second kappa shape index (κ2) is 10.8. The lowest BCUT2D eigenvalue weighted by atomic mass is 10.0. The van der Waals surface area contributed by atoms with Crippen LogP contribution in [0.1, 0.15) is 65.3 Å². The number of carboxylic acid groups (broad SMARTS) is 1. The molecule has 0 aliphatic rings. The normalized spacial score (nSPS) is 11.8. The van der Waals surface area contributed by atoms with E-state index in [1.165, 1.54) is 0 Å². The lowest BCUT2D eigenvalue weighted by Gasteiger charge is -2.30. The van der Waals surface area contributed by atoms with Gasteiger partial charge in [-0.1, -0.05) is 80.1 Å². The molecule has 0 aliphatic carbocycles. The number of hydrogen-bond acceptors (Lipinski definition) is 3. The van der Waals surface area contributed by atoms with Crippen molar-refractivity contribution in [2.24, 2.45) is 0 Å². The molecule has 1 amide bonds. The Hall–Kier alpha value is -3.60. The van der Waals surface area contributed by atoms with Crippen LogP contribution in [-0.2, 0) is 11.3 Å². The average molecular weight is 446 g/mol. The van der Waals surface area contributed by atoms with Crippen molar-refractivity contribution < 1.29 is 19.4 Å². The Morgan fingerprint density at radius 3 is 2.18 bits per heavy atom. The molecule has 0 radical (unpaired) electrons. The van der Waals surface area contributed by atoms with Crippen LogP contribution >= 0.6 is 0 Å². The van der Waals surface area contributed by atoms with Crippen molar-refractivity contribution in [1.29, 1.82) is 0 Å². The third kappa shape index (κ3) is 6.22. The van der Waals surface area contributed by atoms with Crippen LogP contribution in [-0.4, -0.2) is 28.5 Å². The Balaban J connectivity index is 1.82. The highest BCUT2D eigenvalue weighted by Crippen LogP contribution is 2.26. The molecule has 3 aromatic carbocycles. The topological polar surface area (TPSA) is 66.8 Å². The third-order valence-corrected chi connectivity index (χ3v) is 5.80. The van der Waals surface area contributed by atoms with Crippen LogP contribution in [0.25, 0.3) is 0 Å². The second-order valence-corrected chi connectivity index (χ2v) is 8.60. The van der Waals surface area contributed by atoms with Gasteiger partial charge < -0.3 is 14.7 Å². The van der Waals surface area contributed by atoms with E-state index in [1.807, 2.05) is 88.4 Å². The summed E-state index contributed by atoms with van der Waals surface area (Å²) in [7, 11) is 0. The minimum absolute atomic E-state index is 0.0650. The number of rotatable bonds is 9. The molecule has 1 atom stereocenters. The number of ether oxygens (including phenoxy) is 1. The lowest BCUT2D eigenvalue weighted by molar-refractivity contribution is -0.136. The fourth-order valence-corrected chi connectivity index (χ4v) is 3.66. The maximum absolute atomic E-state index is 13.3. The SMILES string of the molecule is Cc1ccc(CN(C(=O)COc2ccc(C(C)C)cc2C(=O)O)[C@H](C)c2ccccc2)cc1. The summed E-state index contributed by atoms with van der Waals surface area (Å²) in [6, 6.07) is 22.8. The van der Waals surface area contributed by atoms with Crippen LogP contribution < -0.4 is 4.74 Å². The van der Waals surface area contributed by atoms with Gasteiger partial charge in [-0.3, -0.25) is 4.79 Å². The number of benzene rings is 3. The van der Waals surface area contributed by atoms with Gasteiger partial charge in [0.1, 0.15) is 11.3 Å². The molecule has 0 saturated heterocycles. The van der Waals surface area contributed by atoms with Crippen LogP contribution in [0.3, 0.4) is 0 Å². The molecule has 0 heterocycles. The molecule has 172 valence electrons. The van der Waals surface area contributed by atoms with Crippen molar-refractivity contribution in [3.05, 3.63) is 101 Å². The first-order valence-electron chi connectivity index (χ1n) is 11.2. The van der Waals surface area contributed by atoms with Crippen LogP contribution in [0.15, 0.2) is 72.8 Å². The second-order valence-electron chi connectivity index (χ2n) is 8.60. The van der Waals surface area contributed by atoms with Gasteiger partial charge in [-0.15, -0.1) is 0 Å². The van der Waals surface area contributed by atoms with E-state index in [9.17, 15) is 14.7 Å². The Morgan fingerprint density at radius 2 is 1.58 bits per heavy atom. The van der Waals surface area contributed by atoms with Gasteiger partial charge >= 0.3 is 5.97 Å². The summed E-state index contributed by atoms with van der Waals surface area (Å²) in [6.45, 7) is 8.19. The quantitative estimate of drug-likeness (QED) is 0.440. The van der Waals surface area contributed by atoms with Gasteiger partial charge in [-0.2, -0.15) is 0 Å².